The summed E-state index contributed by atoms with van der Waals surface area (Å²) in [7, 11) is 6.63. The Morgan fingerprint density at radius 3 is 2.21 bits per heavy atom. The number of hydrogen-bond acceptors (Lipinski definition) is 3. The lowest BCUT2D eigenvalue weighted by Gasteiger charge is -2.35. The van der Waals surface area contributed by atoms with E-state index in [4.69, 9.17) is 9.47 Å². The van der Waals surface area contributed by atoms with E-state index in [1.54, 1.807) is 7.11 Å². The van der Waals surface area contributed by atoms with Crippen LogP contribution in [-0.2, 0) is 16.4 Å². The second-order valence-electron chi connectivity index (χ2n) is 7.86. The van der Waals surface area contributed by atoms with Crippen LogP contribution in [0, 0.1) is 13.8 Å². The van der Waals surface area contributed by atoms with E-state index in [9.17, 15) is 0 Å². The van der Waals surface area contributed by atoms with Crippen molar-refractivity contribution in [3.8, 4) is 5.75 Å². The highest BCUT2D eigenvalue weighted by molar-refractivity contribution is 7.48. The van der Waals surface area contributed by atoms with Crippen molar-refractivity contribution < 1.29 is 9.47 Å². The standard InChI is InChI=1S/C24H36NO2P/c1-8-24(9-2,21-15-19(4)10-12-22(21)27-17-26-7)28-23-13-11-18(3)14-20(23)16-25(5)6/h10-15,28H,8-9,16-17H2,1-7H3. The van der Waals surface area contributed by atoms with Crippen molar-refractivity contribution in [1.29, 1.82) is 0 Å². The molecule has 2 rings (SSSR count). The molecule has 2 aromatic carbocycles. The number of benzene rings is 2. The summed E-state index contributed by atoms with van der Waals surface area (Å²) in [6, 6.07) is 13.5. The maximum atomic E-state index is 5.98. The van der Waals surface area contributed by atoms with E-state index in [0.29, 0.717) is 8.58 Å². The summed E-state index contributed by atoms with van der Waals surface area (Å²) in [5.41, 5.74) is 5.34. The second kappa shape index (κ2) is 10.4. The minimum atomic E-state index is 0.0609. The Morgan fingerprint density at radius 1 is 0.964 bits per heavy atom. The first kappa shape index (κ1) is 22.9. The SMILES string of the molecule is CCC(CC)(Pc1ccc(C)cc1CN(C)C)c1cc(C)ccc1OCOC. The highest BCUT2D eigenvalue weighted by Gasteiger charge is 2.33. The first-order valence-electron chi connectivity index (χ1n) is 10.1. The Bertz CT molecular complexity index is 769. The molecule has 0 saturated heterocycles. The number of methoxy groups -OCH3 is 1. The minimum Gasteiger partial charge on any atom is -0.467 e. The normalized spacial score (nSPS) is 12.3. The van der Waals surface area contributed by atoms with Gasteiger partial charge in [-0.15, -0.1) is 0 Å². The summed E-state index contributed by atoms with van der Waals surface area (Å²) < 4.78 is 11.2. The summed E-state index contributed by atoms with van der Waals surface area (Å²) in [5, 5.41) is 1.52. The zero-order valence-electron chi connectivity index (χ0n) is 18.6. The predicted octanol–water partition coefficient (Wildman–Crippen LogP) is 5.37. The molecule has 0 aliphatic heterocycles. The largest absolute Gasteiger partial charge is 0.467 e. The Hall–Kier alpha value is -1.41. The van der Waals surface area contributed by atoms with Crippen molar-refractivity contribution in [3.05, 3.63) is 58.7 Å². The first-order valence-corrected chi connectivity index (χ1v) is 11.1. The lowest BCUT2D eigenvalue weighted by atomic mass is 9.90. The molecule has 0 aliphatic carbocycles. The molecule has 154 valence electrons. The summed E-state index contributed by atoms with van der Waals surface area (Å²) in [6.45, 7) is 10.2. The van der Waals surface area contributed by atoms with E-state index in [1.807, 2.05) is 0 Å². The monoisotopic (exact) mass is 401 g/mol. The van der Waals surface area contributed by atoms with Gasteiger partial charge >= 0.3 is 0 Å². The van der Waals surface area contributed by atoms with Crippen LogP contribution in [-0.4, -0.2) is 32.9 Å². The predicted molar refractivity (Wildman–Crippen MR) is 122 cm³/mol. The first-order chi connectivity index (χ1) is 13.3. The van der Waals surface area contributed by atoms with Crippen LogP contribution in [0.25, 0.3) is 0 Å². The third kappa shape index (κ3) is 5.56. The van der Waals surface area contributed by atoms with Crippen molar-refractivity contribution in [1.82, 2.24) is 4.90 Å². The summed E-state index contributed by atoms with van der Waals surface area (Å²) in [4.78, 5) is 2.25. The van der Waals surface area contributed by atoms with Crippen molar-refractivity contribution >= 4 is 13.9 Å². The van der Waals surface area contributed by atoms with Crippen molar-refractivity contribution in [3.63, 3.8) is 0 Å². The van der Waals surface area contributed by atoms with Crippen LogP contribution < -0.4 is 10.0 Å². The molecule has 0 spiro atoms. The molecule has 0 N–H and O–H groups in total. The fourth-order valence-electron chi connectivity index (χ4n) is 3.71. The number of aryl methyl sites for hydroxylation is 2. The van der Waals surface area contributed by atoms with Crippen molar-refractivity contribution in [2.24, 2.45) is 0 Å². The van der Waals surface area contributed by atoms with Gasteiger partial charge in [0.1, 0.15) is 5.75 Å². The molecule has 28 heavy (non-hydrogen) atoms. The van der Waals surface area contributed by atoms with Gasteiger partial charge in [0.05, 0.1) is 0 Å². The zero-order valence-corrected chi connectivity index (χ0v) is 19.6. The van der Waals surface area contributed by atoms with E-state index in [-0.39, 0.29) is 11.9 Å². The van der Waals surface area contributed by atoms with E-state index in [0.717, 1.165) is 25.1 Å². The van der Waals surface area contributed by atoms with Gasteiger partial charge < -0.3 is 14.4 Å². The van der Waals surface area contributed by atoms with Crippen LogP contribution in [0.3, 0.4) is 0 Å². The molecule has 0 aliphatic rings. The number of nitrogens with zero attached hydrogens (tertiary/aromatic N) is 1. The van der Waals surface area contributed by atoms with Gasteiger partial charge in [-0.25, -0.2) is 0 Å². The quantitative estimate of drug-likeness (QED) is 0.395. The molecule has 0 fully saturated rings. The average molecular weight is 402 g/mol. The fourth-order valence-corrected chi connectivity index (χ4v) is 5.39. The zero-order chi connectivity index (χ0) is 20.7. The number of ether oxygens (including phenoxy) is 2. The van der Waals surface area contributed by atoms with Crippen LogP contribution in [0.15, 0.2) is 36.4 Å². The fraction of sp³-hybridized carbons (Fsp3) is 0.500. The Kier molecular flexibility index (Phi) is 8.49. The molecule has 0 aromatic heterocycles. The smallest absolute Gasteiger partial charge is 0.188 e. The van der Waals surface area contributed by atoms with E-state index in [1.165, 1.54) is 27.6 Å². The maximum Gasteiger partial charge on any atom is 0.188 e. The van der Waals surface area contributed by atoms with E-state index >= 15 is 0 Å². The highest BCUT2D eigenvalue weighted by atomic mass is 31.1. The van der Waals surface area contributed by atoms with Gasteiger partial charge in [0.2, 0.25) is 0 Å². The van der Waals surface area contributed by atoms with Crippen LogP contribution in [0.4, 0.5) is 0 Å². The average Bonchev–Trinajstić information content (AvgIpc) is 2.66. The van der Waals surface area contributed by atoms with Gasteiger partial charge in [-0.1, -0.05) is 63.9 Å². The maximum absolute atomic E-state index is 5.98. The van der Waals surface area contributed by atoms with Crippen LogP contribution >= 0.6 is 8.58 Å². The van der Waals surface area contributed by atoms with E-state index in [2.05, 4.69) is 83.1 Å². The molecule has 0 heterocycles. The molecule has 1 unspecified atom stereocenters. The molecule has 0 amide bonds. The molecular formula is C24H36NO2P. The van der Waals surface area contributed by atoms with Crippen molar-refractivity contribution in [2.45, 2.75) is 52.2 Å². The molecule has 4 heteroatoms. The number of hydrogen-bond donors (Lipinski definition) is 0. The van der Waals surface area contributed by atoms with Crippen LogP contribution in [0.5, 0.6) is 5.75 Å². The van der Waals surface area contributed by atoms with Crippen molar-refractivity contribution in [2.75, 3.05) is 28.0 Å². The Labute approximate surface area is 173 Å². The molecule has 3 nitrogen and oxygen atoms in total. The van der Waals surface area contributed by atoms with Gasteiger partial charge in [-0.3, -0.25) is 0 Å². The Morgan fingerprint density at radius 2 is 1.61 bits per heavy atom. The van der Waals surface area contributed by atoms with Crippen LogP contribution in [0.2, 0.25) is 0 Å². The second-order valence-corrected chi connectivity index (χ2v) is 9.61. The molecule has 0 bridgehead atoms. The summed E-state index contributed by atoms with van der Waals surface area (Å²) in [6.07, 6.45) is 2.15. The lowest BCUT2D eigenvalue weighted by Crippen LogP contribution is -2.25. The van der Waals surface area contributed by atoms with Gasteiger partial charge in [0.25, 0.3) is 0 Å². The van der Waals surface area contributed by atoms with Gasteiger partial charge in [-0.2, -0.15) is 0 Å². The molecule has 0 radical (unpaired) electrons. The minimum absolute atomic E-state index is 0.0609. The van der Waals surface area contributed by atoms with Gasteiger partial charge in [-0.05, 0) is 57.7 Å². The molecular weight excluding hydrogens is 365 g/mol. The molecule has 1 atom stereocenters. The summed E-state index contributed by atoms with van der Waals surface area (Å²) >= 11 is 0. The summed E-state index contributed by atoms with van der Waals surface area (Å²) in [5.74, 6) is 0.949. The molecule has 2 aromatic rings. The van der Waals surface area contributed by atoms with Gasteiger partial charge in [0.15, 0.2) is 6.79 Å². The lowest BCUT2D eigenvalue weighted by molar-refractivity contribution is 0.0499. The van der Waals surface area contributed by atoms with E-state index < -0.39 is 0 Å². The Balaban J connectivity index is 2.52. The number of rotatable bonds is 10. The topological polar surface area (TPSA) is 21.7 Å². The third-order valence-corrected chi connectivity index (χ3v) is 7.52. The van der Waals surface area contributed by atoms with Crippen LogP contribution in [0.1, 0.15) is 48.9 Å². The molecule has 0 saturated carbocycles. The van der Waals surface area contributed by atoms with Gasteiger partial charge in [0, 0.05) is 24.4 Å². The third-order valence-electron chi connectivity index (χ3n) is 5.31. The highest BCUT2D eigenvalue weighted by Crippen LogP contribution is 2.50.